The summed E-state index contributed by atoms with van der Waals surface area (Å²) in [4.78, 5) is 3.82. The Hall–Kier alpha value is -2.06. The zero-order valence-corrected chi connectivity index (χ0v) is 12.6. The van der Waals surface area contributed by atoms with Crippen LogP contribution >= 0.6 is 0 Å². The predicted molar refractivity (Wildman–Crippen MR) is 76.6 cm³/mol. The molecule has 2 N–H and O–H groups in total. The minimum atomic E-state index is -3.91. The van der Waals surface area contributed by atoms with Gasteiger partial charge in [-0.25, -0.2) is 18.1 Å². The molecule has 2 aromatic rings. The molecule has 2 rings (SSSR count). The standard InChI is InChI=1S/C13H17N3O4S/c1-3-16-8-7-14-12(16)9-15-21(18,19)13-10(17)5-4-6-11(13)20-2/h4-8,15,17H,3,9H2,1-2H3. The van der Waals surface area contributed by atoms with Crippen LogP contribution < -0.4 is 9.46 Å². The van der Waals surface area contributed by atoms with E-state index in [1.54, 1.807) is 12.4 Å². The van der Waals surface area contributed by atoms with Crippen molar-refractivity contribution in [1.82, 2.24) is 14.3 Å². The van der Waals surface area contributed by atoms with E-state index in [0.717, 1.165) is 0 Å². The van der Waals surface area contributed by atoms with Gasteiger partial charge in [-0.15, -0.1) is 0 Å². The number of phenols is 1. The monoisotopic (exact) mass is 311 g/mol. The Labute approximate surface area is 123 Å². The number of aromatic nitrogens is 2. The van der Waals surface area contributed by atoms with Crippen LogP contribution in [0.25, 0.3) is 0 Å². The molecule has 0 aliphatic heterocycles. The topological polar surface area (TPSA) is 93.5 Å². The van der Waals surface area contributed by atoms with Gasteiger partial charge in [-0.05, 0) is 19.1 Å². The molecule has 0 aliphatic carbocycles. The largest absolute Gasteiger partial charge is 0.506 e. The van der Waals surface area contributed by atoms with E-state index in [1.165, 1.54) is 25.3 Å². The molecule has 0 atom stereocenters. The zero-order chi connectivity index (χ0) is 15.5. The van der Waals surface area contributed by atoms with Crippen molar-refractivity contribution in [3.63, 3.8) is 0 Å². The first-order valence-electron chi connectivity index (χ1n) is 6.35. The maximum Gasteiger partial charge on any atom is 0.248 e. The fourth-order valence-electron chi connectivity index (χ4n) is 1.96. The number of hydrogen-bond acceptors (Lipinski definition) is 5. The van der Waals surface area contributed by atoms with Gasteiger partial charge in [-0.3, -0.25) is 0 Å². The van der Waals surface area contributed by atoms with Gasteiger partial charge in [0.25, 0.3) is 0 Å². The van der Waals surface area contributed by atoms with Crippen LogP contribution in [0.15, 0.2) is 35.5 Å². The Morgan fingerprint density at radius 1 is 1.43 bits per heavy atom. The van der Waals surface area contributed by atoms with Crippen LogP contribution in [0.4, 0.5) is 0 Å². The maximum absolute atomic E-state index is 12.3. The van der Waals surface area contributed by atoms with E-state index in [-0.39, 0.29) is 22.9 Å². The van der Waals surface area contributed by atoms with Gasteiger partial charge < -0.3 is 14.4 Å². The van der Waals surface area contributed by atoms with Crippen LogP contribution in [0, 0.1) is 0 Å². The molecule has 1 aromatic heterocycles. The highest BCUT2D eigenvalue weighted by atomic mass is 32.2. The number of aromatic hydroxyl groups is 1. The summed E-state index contributed by atoms with van der Waals surface area (Å²) >= 11 is 0. The van der Waals surface area contributed by atoms with E-state index in [4.69, 9.17) is 4.74 Å². The molecule has 0 amide bonds. The Balaban J connectivity index is 2.27. The minimum absolute atomic E-state index is 0.0284. The van der Waals surface area contributed by atoms with Crippen LogP contribution in [-0.2, 0) is 23.1 Å². The van der Waals surface area contributed by atoms with E-state index in [9.17, 15) is 13.5 Å². The molecule has 0 aliphatic rings. The Bertz CT molecular complexity index is 725. The number of ether oxygens (including phenoxy) is 1. The van der Waals surface area contributed by atoms with Crippen LogP contribution in [-0.4, -0.2) is 30.2 Å². The number of methoxy groups -OCH3 is 1. The van der Waals surface area contributed by atoms with Crippen LogP contribution in [0.2, 0.25) is 0 Å². The van der Waals surface area contributed by atoms with Gasteiger partial charge >= 0.3 is 0 Å². The van der Waals surface area contributed by atoms with Crippen molar-refractivity contribution < 1.29 is 18.3 Å². The average molecular weight is 311 g/mol. The summed E-state index contributed by atoms with van der Waals surface area (Å²) in [6.45, 7) is 2.66. The summed E-state index contributed by atoms with van der Waals surface area (Å²) in [6, 6.07) is 4.28. The second kappa shape index (κ2) is 6.15. The van der Waals surface area contributed by atoms with Gasteiger partial charge in [-0.1, -0.05) is 6.07 Å². The summed E-state index contributed by atoms with van der Waals surface area (Å²) in [5.74, 6) is 0.317. The molecule has 8 heteroatoms. The van der Waals surface area contributed by atoms with Gasteiger partial charge in [0.05, 0.1) is 13.7 Å². The smallest absolute Gasteiger partial charge is 0.248 e. The molecular weight excluding hydrogens is 294 g/mol. The highest BCUT2D eigenvalue weighted by Crippen LogP contribution is 2.31. The van der Waals surface area contributed by atoms with E-state index in [1.807, 2.05) is 11.5 Å². The van der Waals surface area contributed by atoms with Gasteiger partial charge in [0.2, 0.25) is 10.0 Å². The molecule has 0 radical (unpaired) electrons. The average Bonchev–Trinajstić information content (AvgIpc) is 2.92. The number of imidazole rings is 1. The molecule has 0 spiro atoms. The van der Waals surface area contributed by atoms with Crippen LogP contribution in [0.5, 0.6) is 11.5 Å². The summed E-state index contributed by atoms with van der Waals surface area (Å²) in [5.41, 5.74) is 0. The second-order valence-corrected chi connectivity index (χ2v) is 5.97. The number of rotatable bonds is 6. The van der Waals surface area contributed by atoms with Crippen molar-refractivity contribution in [1.29, 1.82) is 0 Å². The highest BCUT2D eigenvalue weighted by Gasteiger charge is 2.24. The van der Waals surface area contributed by atoms with E-state index in [2.05, 4.69) is 9.71 Å². The minimum Gasteiger partial charge on any atom is -0.506 e. The van der Waals surface area contributed by atoms with Crippen LogP contribution in [0.1, 0.15) is 12.7 Å². The Kier molecular flexibility index (Phi) is 4.49. The van der Waals surface area contributed by atoms with Gasteiger partial charge in [-0.2, -0.15) is 0 Å². The molecular formula is C13H17N3O4S. The second-order valence-electron chi connectivity index (χ2n) is 4.26. The van der Waals surface area contributed by atoms with Gasteiger partial charge in [0.15, 0.2) is 4.90 Å². The number of phenolic OH excluding ortho intramolecular Hbond substituents is 1. The third-order valence-corrected chi connectivity index (χ3v) is 4.48. The molecule has 114 valence electrons. The summed E-state index contributed by atoms with van der Waals surface area (Å²) in [5, 5.41) is 9.80. The number of nitrogens with one attached hydrogen (secondary N) is 1. The first kappa shape index (κ1) is 15.3. The third kappa shape index (κ3) is 3.17. The zero-order valence-electron chi connectivity index (χ0n) is 11.8. The Morgan fingerprint density at radius 3 is 2.86 bits per heavy atom. The quantitative estimate of drug-likeness (QED) is 0.833. The van der Waals surface area contributed by atoms with Crippen molar-refractivity contribution in [3.05, 3.63) is 36.4 Å². The number of aryl methyl sites for hydroxylation is 1. The molecule has 21 heavy (non-hydrogen) atoms. The highest BCUT2D eigenvalue weighted by molar-refractivity contribution is 7.89. The molecule has 7 nitrogen and oxygen atoms in total. The molecule has 0 bridgehead atoms. The third-order valence-electron chi connectivity index (χ3n) is 3.01. The van der Waals surface area contributed by atoms with Crippen molar-refractivity contribution in [2.75, 3.05) is 7.11 Å². The number of hydrogen-bond donors (Lipinski definition) is 2. The number of nitrogens with zero attached hydrogens (tertiary/aromatic N) is 2. The lowest BCUT2D eigenvalue weighted by Gasteiger charge is -2.12. The lowest BCUT2D eigenvalue weighted by atomic mass is 10.3. The predicted octanol–water partition coefficient (Wildman–Crippen LogP) is 1.10. The van der Waals surface area contributed by atoms with E-state index >= 15 is 0 Å². The first-order valence-corrected chi connectivity index (χ1v) is 7.83. The molecule has 1 aromatic carbocycles. The molecule has 0 saturated heterocycles. The number of sulfonamides is 1. The summed E-state index contributed by atoms with van der Waals surface area (Å²) in [6.07, 6.45) is 3.37. The summed E-state index contributed by atoms with van der Waals surface area (Å²) < 4.78 is 33.9. The first-order chi connectivity index (χ1) is 9.99. The van der Waals surface area contributed by atoms with Crippen molar-refractivity contribution in [2.45, 2.75) is 24.9 Å². The maximum atomic E-state index is 12.3. The fourth-order valence-corrected chi connectivity index (χ4v) is 3.19. The van der Waals surface area contributed by atoms with Gasteiger partial charge in [0.1, 0.15) is 17.3 Å². The van der Waals surface area contributed by atoms with Gasteiger partial charge in [0, 0.05) is 18.9 Å². The SMILES string of the molecule is CCn1ccnc1CNS(=O)(=O)c1c(O)cccc1OC. The van der Waals surface area contributed by atoms with Crippen molar-refractivity contribution >= 4 is 10.0 Å². The van der Waals surface area contributed by atoms with Crippen LogP contribution in [0.3, 0.4) is 0 Å². The van der Waals surface area contributed by atoms with E-state index < -0.39 is 10.0 Å². The van der Waals surface area contributed by atoms with Crippen molar-refractivity contribution in [2.24, 2.45) is 0 Å². The molecule has 0 unspecified atom stereocenters. The lowest BCUT2D eigenvalue weighted by Crippen LogP contribution is -2.25. The summed E-state index contributed by atoms with van der Waals surface area (Å²) in [7, 11) is -2.57. The van der Waals surface area contributed by atoms with Crippen molar-refractivity contribution in [3.8, 4) is 11.5 Å². The molecule has 0 saturated carbocycles. The number of benzene rings is 1. The Morgan fingerprint density at radius 2 is 2.19 bits per heavy atom. The molecule has 0 fully saturated rings. The van der Waals surface area contributed by atoms with E-state index in [0.29, 0.717) is 12.4 Å². The lowest BCUT2D eigenvalue weighted by molar-refractivity contribution is 0.388. The normalized spacial score (nSPS) is 11.5. The fraction of sp³-hybridized carbons (Fsp3) is 0.308. The molecule has 1 heterocycles.